The van der Waals surface area contributed by atoms with E-state index in [0.29, 0.717) is 22.2 Å². The first-order chi connectivity index (χ1) is 11.5. The first-order valence-electron chi connectivity index (χ1n) is 7.51. The Bertz CT molecular complexity index is 742. The van der Waals surface area contributed by atoms with Gasteiger partial charge in [0.15, 0.2) is 5.78 Å². The molecule has 0 aliphatic carbocycles. The smallest absolute Gasteiger partial charge is 0.187 e. The number of ketones is 1. The van der Waals surface area contributed by atoms with Crippen molar-refractivity contribution in [1.29, 1.82) is 0 Å². The number of carbonyl (C=O) groups excluding carboxylic acids is 1. The number of rotatable bonds is 7. The lowest BCUT2D eigenvalue weighted by Gasteiger charge is -2.12. The molecule has 0 saturated carbocycles. The van der Waals surface area contributed by atoms with E-state index >= 15 is 0 Å². The van der Waals surface area contributed by atoms with Gasteiger partial charge in [-0.15, -0.1) is 0 Å². The summed E-state index contributed by atoms with van der Waals surface area (Å²) in [6.45, 7) is 1.40. The summed E-state index contributed by atoms with van der Waals surface area (Å²) in [6, 6.07) is 12.4. The maximum atomic E-state index is 12.3. The van der Waals surface area contributed by atoms with E-state index < -0.39 is 0 Å². The minimum absolute atomic E-state index is 0.181. The zero-order valence-electron chi connectivity index (χ0n) is 13.6. The highest BCUT2D eigenvalue weighted by Gasteiger charge is 2.08. The molecule has 0 saturated heterocycles. The van der Waals surface area contributed by atoms with Crippen LogP contribution in [0.4, 0.5) is 0 Å². The molecule has 0 unspecified atom stereocenters. The molecule has 0 aliphatic rings. The minimum atomic E-state index is -0.181. The molecule has 0 aromatic heterocycles. The number of para-hydroxylation sites is 1. The fraction of sp³-hybridized carbons (Fsp3) is 0.211. The lowest BCUT2D eigenvalue weighted by atomic mass is 10.1. The molecule has 2 aromatic rings. The maximum absolute atomic E-state index is 12.3. The Labute approximate surface area is 152 Å². The van der Waals surface area contributed by atoms with E-state index in [2.05, 4.69) is 0 Å². The standard InChI is InChI=1S/C19H19Cl2NO2/c1-22(2)11-12-24-19-6-4-3-5-14(19)7-10-18(23)16-9-8-15(20)13-17(16)21/h3-10,13H,11-12H2,1-2H3/b10-7+. The molecule has 2 aromatic carbocycles. The van der Waals surface area contributed by atoms with Crippen LogP contribution in [0.3, 0.4) is 0 Å². The van der Waals surface area contributed by atoms with Crippen molar-refractivity contribution < 1.29 is 9.53 Å². The Hall–Kier alpha value is -1.81. The normalized spacial score (nSPS) is 11.2. The van der Waals surface area contributed by atoms with Crippen LogP contribution in [0, 0.1) is 0 Å². The number of benzene rings is 2. The molecule has 0 amide bonds. The number of likely N-dealkylation sites (N-methyl/N-ethyl adjacent to an activating group) is 1. The summed E-state index contributed by atoms with van der Waals surface area (Å²) in [6.07, 6.45) is 3.22. The zero-order chi connectivity index (χ0) is 17.5. The van der Waals surface area contributed by atoms with Gasteiger partial charge in [0.1, 0.15) is 12.4 Å². The van der Waals surface area contributed by atoms with Crippen LogP contribution in [-0.2, 0) is 0 Å². The van der Waals surface area contributed by atoms with Gasteiger partial charge in [0.25, 0.3) is 0 Å². The molecule has 3 nitrogen and oxygen atoms in total. The first kappa shape index (κ1) is 18.5. The van der Waals surface area contributed by atoms with Crippen LogP contribution < -0.4 is 4.74 Å². The molecule has 2 rings (SSSR count). The van der Waals surface area contributed by atoms with Crippen molar-refractivity contribution in [3.05, 3.63) is 69.7 Å². The molecular formula is C19H19Cl2NO2. The number of ether oxygens (including phenoxy) is 1. The quantitative estimate of drug-likeness (QED) is 0.521. The maximum Gasteiger partial charge on any atom is 0.187 e. The summed E-state index contributed by atoms with van der Waals surface area (Å²) in [7, 11) is 3.98. The van der Waals surface area contributed by atoms with Gasteiger partial charge >= 0.3 is 0 Å². The summed E-state index contributed by atoms with van der Waals surface area (Å²) in [5, 5.41) is 0.841. The van der Waals surface area contributed by atoms with Crippen LogP contribution in [-0.4, -0.2) is 37.9 Å². The van der Waals surface area contributed by atoms with Gasteiger partial charge in [-0.05, 0) is 50.5 Å². The van der Waals surface area contributed by atoms with Gasteiger partial charge in [0, 0.05) is 22.7 Å². The van der Waals surface area contributed by atoms with E-state index in [0.717, 1.165) is 17.9 Å². The minimum Gasteiger partial charge on any atom is -0.492 e. The Morgan fingerprint density at radius 1 is 1.17 bits per heavy atom. The zero-order valence-corrected chi connectivity index (χ0v) is 15.1. The molecule has 126 valence electrons. The average molecular weight is 364 g/mol. The van der Waals surface area contributed by atoms with Crippen molar-refractivity contribution >= 4 is 35.1 Å². The number of hydrogen-bond donors (Lipinski definition) is 0. The average Bonchev–Trinajstić information content (AvgIpc) is 2.53. The van der Waals surface area contributed by atoms with Gasteiger partial charge in [0.2, 0.25) is 0 Å². The van der Waals surface area contributed by atoms with Crippen LogP contribution in [0.5, 0.6) is 5.75 Å². The Morgan fingerprint density at radius 3 is 2.62 bits per heavy atom. The summed E-state index contributed by atoms with van der Waals surface area (Å²) < 4.78 is 5.78. The van der Waals surface area contributed by atoms with E-state index in [-0.39, 0.29) is 5.78 Å². The Morgan fingerprint density at radius 2 is 1.92 bits per heavy atom. The molecule has 0 aliphatic heterocycles. The monoisotopic (exact) mass is 363 g/mol. The van der Waals surface area contributed by atoms with Crippen LogP contribution in [0.25, 0.3) is 6.08 Å². The van der Waals surface area contributed by atoms with Crippen molar-refractivity contribution in [2.45, 2.75) is 0 Å². The van der Waals surface area contributed by atoms with E-state index in [9.17, 15) is 4.79 Å². The highest BCUT2D eigenvalue weighted by atomic mass is 35.5. The molecule has 0 bridgehead atoms. The molecule has 0 spiro atoms. The van der Waals surface area contributed by atoms with E-state index in [1.165, 1.54) is 6.08 Å². The summed E-state index contributed by atoms with van der Waals surface area (Å²) >= 11 is 11.9. The van der Waals surface area contributed by atoms with Crippen LogP contribution in [0.1, 0.15) is 15.9 Å². The van der Waals surface area contributed by atoms with Gasteiger partial charge in [-0.3, -0.25) is 4.79 Å². The van der Waals surface area contributed by atoms with Gasteiger partial charge in [-0.1, -0.05) is 41.4 Å². The molecule has 0 heterocycles. The highest BCUT2D eigenvalue weighted by Crippen LogP contribution is 2.23. The summed E-state index contributed by atoms with van der Waals surface area (Å²) in [5.74, 6) is 0.561. The highest BCUT2D eigenvalue weighted by molar-refractivity contribution is 6.37. The molecule has 0 atom stereocenters. The second-order valence-corrected chi connectivity index (χ2v) is 6.35. The number of carbonyl (C=O) groups is 1. The topological polar surface area (TPSA) is 29.5 Å². The SMILES string of the molecule is CN(C)CCOc1ccccc1/C=C/C(=O)c1ccc(Cl)cc1Cl. The second kappa shape index (κ2) is 8.88. The third-order valence-corrected chi connectivity index (χ3v) is 3.87. The number of allylic oxidation sites excluding steroid dienone is 1. The van der Waals surface area contributed by atoms with E-state index in [4.69, 9.17) is 27.9 Å². The van der Waals surface area contributed by atoms with Crippen molar-refractivity contribution in [1.82, 2.24) is 4.90 Å². The van der Waals surface area contributed by atoms with E-state index in [1.807, 2.05) is 43.3 Å². The molecular weight excluding hydrogens is 345 g/mol. The van der Waals surface area contributed by atoms with Crippen molar-refractivity contribution in [2.75, 3.05) is 27.2 Å². The largest absolute Gasteiger partial charge is 0.492 e. The summed E-state index contributed by atoms with van der Waals surface area (Å²) in [5.41, 5.74) is 1.26. The van der Waals surface area contributed by atoms with Crippen molar-refractivity contribution in [2.24, 2.45) is 0 Å². The molecule has 5 heteroatoms. The Balaban J connectivity index is 2.12. The van der Waals surface area contributed by atoms with Crippen molar-refractivity contribution in [3.63, 3.8) is 0 Å². The second-order valence-electron chi connectivity index (χ2n) is 5.51. The number of hydrogen-bond acceptors (Lipinski definition) is 3. The fourth-order valence-electron chi connectivity index (χ4n) is 2.03. The molecule has 0 radical (unpaired) electrons. The first-order valence-corrected chi connectivity index (χ1v) is 8.27. The van der Waals surface area contributed by atoms with Gasteiger partial charge in [-0.2, -0.15) is 0 Å². The number of nitrogens with zero attached hydrogens (tertiary/aromatic N) is 1. The van der Waals surface area contributed by atoms with Gasteiger partial charge in [-0.25, -0.2) is 0 Å². The fourth-order valence-corrected chi connectivity index (χ4v) is 2.53. The molecule has 24 heavy (non-hydrogen) atoms. The number of halogens is 2. The predicted octanol–water partition coefficient (Wildman–Crippen LogP) is 4.83. The third kappa shape index (κ3) is 5.38. The van der Waals surface area contributed by atoms with Crippen LogP contribution in [0.15, 0.2) is 48.5 Å². The van der Waals surface area contributed by atoms with Crippen molar-refractivity contribution in [3.8, 4) is 5.75 Å². The van der Waals surface area contributed by atoms with Gasteiger partial charge < -0.3 is 9.64 Å². The molecule has 0 fully saturated rings. The Kier molecular flexibility index (Phi) is 6.85. The van der Waals surface area contributed by atoms with Crippen LogP contribution in [0.2, 0.25) is 10.0 Å². The summed E-state index contributed by atoms with van der Waals surface area (Å²) in [4.78, 5) is 14.3. The lowest BCUT2D eigenvalue weighted by molar-refractivity contribution is 0.104. The third-order valence-electron chi connectivity index (χ3n) is 3.33. The lowest BCUT2D eigenvalue weighted by Crippen LogP contribution is -2.19. The van der Waals surface area contributed by atoms with Gasteiger partial charge in [0.05, 0.1) is 5.02 Å². The predicted molar refractivity (Wildman–Crippen MR) is 100 cm³/mol. The van der Waals surface area contributed by atoms with Crippen LogP contribution >= 0.6 is 23.2 Å². The molecule has 0 N–H and O–H groups in total. The van der Waals surface area contributed by atoms with E-state index in [1.54, 1.807) is 24.3 Å².